The number of nitrogens with one attached hydrogen (secondary N) is 1. The molecule has 2 heterocycles. The zero-order chi connectivity index (χ0) is 7.68. The molecule has 0 spiro atoms. The number of nitrogens with zero attached hydrogens (tertiary/aromatic N) is 1. The maximum atomic E-state index is 3.54. The molecule has 2 aliphatic rings. The molecule has 2 nitrogen and oxygen atoms in total. The van der Waals surface area contributed by atoms with Crippen molar-refractivity contribution in [2.24, 2.45) is 5.92 Å². The standard InChI is InChI=1S/C9H18N2.2ClH/c1-11-7-8-3-2-4-9(11)6-10-5-8;;/h8-10H,2-7H2,1H3;2*1H. The number of hydrogen-bond donors (Lipinski definition) is 1. The predicted octanol–water partition coefficient (Wildman–Crippen LogP) is 1.53. The molecule has 0 saturated carbocycles. The first-order chi connectivity index (χ1) is 5.36. The second kappa shape index (κ2) is 6.07. The summed E-state index contributed by atoms with van der Waals surface area (Å²) >= 11 is 0. The second-order valence-corrected chi connectivity index (χ2v) is 4.05. The van der Waals surface area contributed by atoms with Gasteiger partial charge >= 0.3 is 0 Å². The fourth-order valence-corrected chi connectivity index (χ4v) is 2.39. The fourth-order valence-electron chi connectivity index (χ4n) is 2.39. The second-order valence-electron chi connectivity index (χ2n) is 4.05. The zero-order valence-electron chi connectivity index (χ0n) is 8.16. The fraction of sp³-hybridized carbons (Fsp3) is 1.00. The van der Waals surface area contributed by atoms with Gasteiger partial charge in [0, 0.05) is 19.1 Å². The molecule has 0 aliphatic carbocycles. The van der Waals surface area contributed by atoms with Crippen molar-refractivity contribution >= 4 is 24.8 Å². The molecule has 2 saturated heterocycles. The van der Waals surface area contributed by atoms with E-state index in [-0.39, 0.29) is 24.8 Å². The van der Waals surface area contributed by atoms with Crippen LogP contribution in [0.25, 0.3) is 0 Å². The third-order valence-corrected chi connectivity index (χ3v) is 3.13. The summed E-state index contributed by atoms with van der Waals surface area (Å²) in [5, 5.41) is 3.54. The lowest BCUT2D eigenvalue weighted by Gasteiger charge is -2.23. The quantitative estimate of drug-likeness (QED) is 0.675. The minimum Gasteiger partial charge on any atom is -0.315 e. The molecule has 2 aliphatic heterocycles. The van der Waals surface area contributed by atoms with Crippen LogP contribution in [0.3, 0.4) is 0 Å². The number of hydrogen-bond acceptors (Lipinski definition) is 2. The predicted molar refractivity (Wildman–Crippen MR) is 61.1 cm³/mol. The van der Waals surface area contributed by atoms with Gasteiger partial charge in [-0.3, -0.25) is 0 Å². The van der Waals surface area contributed by atoms with Gasteiger partial charge in [-0.1, -0.05) is 6.42 Å². The van der Waals surface area contributed by atoms with Crippen LogP contribution in [0, 0.1) is 5.92 Å². The third-order valence-electron chi connectivity index (χ3n) is 3.13. The average molecular weight is 227 g/mol. The van der Waals surface area contributed by atoms with Crippen molar-refractivity contribution < 1.29 is 0 Å². The first kappa shape index (κ1) is 13.5. The molecule has 0 aromatic carbocycles. The molecule has 2 fully saturated rings. The van der Waals surface area contributed by atoms with Gasteiger partial charge < -0.3 is 10.2 Å². The highest BCUT2D eigenvalue weighted by Gasteiger charge is 2.25. The van der Waals surface area contributed by atoms with E-state index in [9.17, 15) is 0 Å². The van der Waals surface area contributed by atoms with Crippen molar-refractivity contribution in [3.63, 3.8) is 0 Å². The molecular formula is C9H20Cl2N2. The van der Waals surface area contributed by atoms with Crippen molar-refractivity contribution in [2.45, 2.75) is 25.3 Å². The molecule has 4 heteroatoms. The normalized spacial score (nSPS) is 33.9. The summed E-state index contributed by atoms with van der Waals surface area (Å²) < 4.78 is 0. The molecule has 2 unspecified atom stereocenters. The van der Waals surface area contributed by atoms with Gasteiger partial charge in [0.15, 0.2) is 0 Å². The summed E-state index contributed by atoms with van der Waals surface area (Å²) in [4.78, 5) is 2.54. The van der Waals surface area contributed by atoms with Crippen LogP contribution in [-0.4, -0.2) is 37.6 Å². The minimum atomic E-state index is 0. The Morgan fingerprint density at radius 1 is 1.15 bits per heavy atom. The van der Waals surface area contributed by atoms with Crippen LogP contribution in [0.1, 0.15) is 19.3 Å². The van der Waals surface area contributed by atoms with E-state index in [0.717, 1.165) is 12.0 Å². The lowest BCUT2D eigenvalue weighted by Crippen LogP contribution is -2.36. The van der Waals surface area contributed by atoms with Crippen molar-refractivity contribution in [2.75, 3.05) is 26.7 Å². The van der Waals surface area contributed by atoms with Gasteiger partial charge in [-0.15, -0.1) is 24.8 Å². The molecule has 2 bridgehead atoms. The van der Waals surface area contributed by atoms with Crippen LogP contribution < -0.4 is 5.32 Å². The highest BCUT2D eigenvalue weighted by Crippen LogP contribution is 2.21. The van der Waals surface area contributed by atoms with E-state index >= 15 is 0 Å². The molecule has 80 valence electrons. The van der Waals surface area contributed by atoms with Crippen molar-refractivity contribution in [3.05, 3.63) is 0 Å². The van der Waals surface area contributed by atoms with Crippen LogP contribution in [0.2, 0.25) is 0 Å². The van der Waals surface area contributed by atoms with Crippen LogP contribution >= 0.6 is 24.8 Å². The third kappa shape index (κ3) is 3.28. The maximum Gasteiger partial charge on any atom is 0.0217 e. The van der Waals surface area contributed by atoms with Crippen molar-refractivity contribution in [1.29, 1.82) is 0 Å². The van der Waals surface area contributed by atoms with Gasteiger partial charge in [0.05, 0.1) is 0 Å². The molecule has 0 amide bonds. The number of fused-ring (bicyclic) bond motifs is 3. The molecule has 0 aromatic rings. The molecule has 2 rings (SSSR count). The summed E-state index contributed by atoms with van der Waals surface area (Å²) in [5.74, 6) is 0.924. The summed E-state index contributed by atoms with van der Waals surface area (Å²) in [5.41, 5.74) is 0. The Bertz CT molecular complexity index is 134. The Morgan fingerprint density at radius 3 is 2.69 bits per heavy atom. The van der Waals surface area contributed by atoms with Gasteiger partial charge in [-0.25, -0.2) is 0 Å². The van der Waals surface area contributed by atoms with Gasteiger partial charge in [0.2, 0.25) is 0 Å². The first-order valence-electron chi connectivity index (χ1n) is 4.77. The molecule has 2 atom stereocenters. The smallest absolute Gasteiger partial charge is 0.0217 e. The highest BCUT2D eigenvalue weighted by atomic mass is 35.5. The van der Waals surface area contributed by atoms with E-state index in [2.05, 4.69) is 17.3 Å². The van der Waals surface area contributed by atoms with E-state index in [1.54, 1.807) is 0 Å². The molecule has 0 radical (unpaired) electrons. The lowest BCUT2D eigenvalue weighted by molar-refractivity contribution is 0.247. The average Bonchev–Trinajstić information content (AvgIpc) is 2.16. The van der Waals surface area contributed by atoms with Crippen molar-refractivity contribution in [1.82, 2.24) is 10.2 Å². The first-order valence-corrected chi connectivity index (χ1v) is 4.77. The van der Waals surface area contributed by atoms with Gasteiger partial charge in [0.1, 0.15) is 0 Å². The van der Waals surface area contributed by atoms with Crippen LogP contribution in [0.5, 0.6) is 0 Å². The molecule has 1 N–H and O–H groups in total. The Balaban J connectivity index is 0.000000720. The van der Waals surface area contributed by atoms with Crippen LogP contribution in [0.4, 0.5) is 0 Å². The van der Waals surface area contributed by atoms with Crippen LogP contribution in [-0.2, 0) is 0 Å². The van der Waals surface area contributed by atoms with E-state index in [1.807, 2.05) is 0 Å². The monoisotopic (exact) mass is 226 g/mol. The largest absolute Gasteiger partial charge is 0.315 e. The van der Waals surface area contributed by atoms with E-state index in [1.165, 1.54) is 38.9 Å². The Labute approximate surface area is 93.3 Å². The minimum absolute atomic E-state index is 0. The summed E-state index contributed by atoms with van der Waals surface area (Å²) in [6, 6.07) is 0.822. The van der Waals surface area contributed by atoms with Crippen molar-refractivity contribution in [3.8, 4) is 0 Å². The Hall–Kier alpha value is 0.500. The number of likely N-dealkylation sites (N-methyl/N-ethyl adjacent to an activating group) is 1. The molecule has 0 aromatic heterocycles. The van der Waals surface area contributed by atoms with E-state index in [0.29, 0.717) is 0 Å². The van der Waals surface area contributed by atoms with Gasteiger partial charge in [-0.05, 0) is 32.4 Å². The molecule has 13 heavy (non-hydrogen) atoms. The Kier molecular flexibility index (Phi) is 6.31. The summed E-state index contributed by atoms with van der Waals surface area (Å²) in [6.45, 7) is 3.78. The van der Waals surface area contributed by atoms with Crippen LogP contribution in [0.15, 0.2) is 0 Å². The van der Waals surface area contributed by atoms with Gasteiger partial charge in [-0.2, -0.15) is 0 Å². The van der Waals surface area contributed by atoms with E-state index < -0.39 is 0 Å². The highest BCUT2D eigenvalue weighted by molar-refractivity contribution is 5.85. The Morgan fingerprint density at radius 2 is 1.92 bits per heavy atom. The van der Waals surface area contributed by atoms with Gasteiger partial charge in [0.25, 0.3) is 0 Å². The zero-order valence-corrected chi connectivity index (χ0v) is 9.79. The lowest BCUT2D eigenvalue weighted by atomic mass is 10.0. The number of halogens is 2. The maximum absolute atomic E-state index is 3.54. The molecular weight excluding hydrogens is 207 g/mol. The topological polar surface area (TPSA) is 15.3 Å². The summed E-state index contributed by atoms with van der Waals surface area (Å²) in [6.07, 6.45) is 4.29. The summed E-state index contributed by atoms with van der Waals surface area (Å²) in [7, 11) is 2.27. The van der Waals surface area contributed by atoms with E-state index in [4.69, 9.17) is 0 Å². The SMILES string of the molecule is CN1CC2CCCC1CNC2.Cl.Cl. The number of rotatable bonds is 0.